The first-order valence-electron chi connectivity index (χ1n) is 4.83. The number of nitrogens with one attached hydrogen (secondary N) is 1. The van der Waals surface area contributed by atoms with Crippen molar-refractivity contribution in [1.29, 1.82) is 5.26 Å². The average molecular weight is 198 g/mol. The quantitative estimate of drug-likeness (QED) is 0.596. The molecule has 0 saturated carbocycles. The summed E-state index contributed by atoms with van der Waals surface area (Å²) in [5.74, 6) is 0. The molecule has 2 heteroatoms. The molecule has 1 N–H and O–H groups in total. The van der Waals surface area contributed by atoms with E-state index in [1.165, 1.54) is 11.6 Å². The first-order chi connectivity index (χ1) is 7.33. The number of nitrogens with zero attached hydrogens (tertiary/aromatic N) is 1. The van der Waals surface area contributed by atoms with Crippen molar-refractivity contribution in [1.82, 2.24) is 5.32 Å². The predicted octanol–water partition coefficient (Wildman–Crippen LogP) is 2.76. The summed E-state index contributed by atoms with van der Waals surface area (Å²) in [7, 11) is 0. The van der Waals surface area contributed by atoms with Crippen LogP contribution < -0.4 is 5.32 Å². The van der Waals surface area contributed by atoms with E-state index < -0.39 is 0 Å². The number of rotatable bonds is 4. The van der Waals surface area contributed by atoms with Crippen LogP contribution in [0.1, 0.15) is 12.5 Å². The second-order valence-corrected chi connectivity index (χ2v) is 3.22. The Balaban J connectivity index is 2.35. The normalized spacial score (nSPS) is 11.3. The van der Waals surface area contributed by atoms with Crippen LogP contribution in [0.3, 0.4) is 0 Å². The van der Waals surface area contributed by atoms with E-state index in [0.29, 0.717) is 0 Å². The maximum atomic E-state index is 8.39. The Morgan fingerprint density at radius 1 is 1.40 bits per heavy atom. The Hall–Kier alpha value is -2.01. The smallest absolute Gasteiger partial charge is 0.0914 e. The molecule has 2 nitrogen and oxygen atoms in total. The van der Waals surface area contributed by atoms with Gasteiger partial charge in [-0.05, 0) is 30.3 Å². The third-order valence-corrected chi connectivity index (χ3v) is 1.91. The molecule has 0 saturated heterocycles. The molecule has 0 heterocycles. The maximum Gasteiger partial charge on any atom is 0.0914 e. The van der Waals surface area contributed by atoms with Crippen molar-refractivity contribution in [3.63, 3.8) is 0 Å². The Bertz CT molecular complexity index is 383. The summed E-state index contributed by atoms with van der Waals surface area (Å²) in [6.45, 7) is 2.70. The summed E-state index contributed by atoms with van der Waals surface area (Å²) in [5.41, 5.74) is 2.18. The van der Waals surface area contributed by atoms with Crippen LogP contribution in [0.15, 0.2) is 54.3 Å². The molecule has 0 aromatic heterocycles. The van der Waals surface area contributed by atoms with Crippen LogP contribution in [0, 0.1) is 11.3 Å². The minimum absolute atomic E-state index is 0.803. The van der Waals surface area contributed by atoms with Gasteiger partial charge in [0.15, 0.2) is 0 Å². The highest BCUT2D eigenvalue weighted by atomic mass is 14.8. The maximum absolute atomic E-state index is 8.39. The van der Waals surface area contributed by atoms with E-state index in [1.54, 1.807) is 0 Å². The number of allylic oxidation sites excluding steroid dienone is 3. The van der Waals surface area contributed by atoms with Crippen molar-refractivity contribution in [3.05, 3.63) is 59.8 Å². The van der Waals surface area contributed by atoms with Crippen molar-refractivity contribution < 1.29 is 0 Å². The summed E-state index contributed by atoms with van der Waals surface area (Å²) in [4.78, 5) is 0. The Morgan fingerprint density at radius 2 is 2.13 bits per heavy atom. The van der Waals surface area contributed by atoms with Gasteiger partial charge in [-0.2, -0.15) is 5.26 Å². The molecular weight excluding hydrogens is 184 g/mol. The molecule has 15 heavy (non-hydrogen) atoms. The molecule has 76 valence electrons. The van der Waals surface area contributed by atoms with E-state index in [2.05, 4.69) is 17.4 Å². The van der Waals surface area contributed by atoms with Crippen molar-refractivity contribution in [3.8, 4) is 6.07 Å². The van der Waals surface area contributed by atoms with E-state index in [4.69, 9.17) is 5.26 Å². The highest BCUT2D eigenvalue weighted by molar-refractivity contribution is 5.22. The minimum Gasteiger partial charge on any atom is -0.387 e. The predicted molar refractivity (Wildman–Crippen MR) is 61.8 cm³/mol. The molecular formula is C13H14N2. The zero-order valence-corrected chi connectivity index (χ0v) is 8.77. The average Bonchev–Trinajstić information content (AvgIpc) is 2.26. The van der Waals surface area contributed by atoms with E-state index >= 15 is 0 Å². The summed E-state index contributed by atoms with van der Waals surface area (Å²) in [6, 6.07) is 12.2. The molecule has 1 rings (SSSR count). The van der Waals surface area contributed by atoms with Gasteiger partial charge < -0.3 is 5.32 Å². The zero-order chi connectivity index (χ0) is 10.9. The van der Waals surface area contributed by atoms with Gasteiger partial charge in [0.1, 0.15) is 0 Å². The zero-order valence-electron chi connectivity index (χ0n) is 8.77. The molecule has 0 amide bonds. The van der Waals surface area contributed by atoms with Crippen LogP contribution >= 0.6 is 0 Å². The lowest BCUT2D eigenvalue weighted by Crippen LogP contribution is -2.03. The first-order valence-corrected chi connectivity index (χ1v) is 4.83. The van der Waals surface area contributed by atoms with Gasteiger partial charge in [-0.1, -0.05) is 30.3 Å². The van der Waals surface area contributed by atoms with Crippen molar-refractivity contribution >= 4 is 0 Å². The Kier molecular flexibility index (Phi) is 4.75. The van der Waals surface area contributed by atoms with Crippen LogP contribution in [-0.4, -0.2) is 0 Å². The van der Waals surface area contributed by atoms with Crippen molar-refractivity contribution in [2.24, 2.45) is 0 Å². The van der Waals surface area contributed by atoms with Gasteiger partial charge in [0.2, 0.25) is 0 Å². The largest absolute Gasteiger partial charge is 0.387 e. The molecule has 0 aliphatic heterocycles. The lowest BCUT2D eigenvalue weighted by Gasteiger charge is -1.99. The number of hydrogen-bond acceptors (Lipinski definition) is 2. The minimum atomic E-state index is 0.803. The van der Waals surface area contributed by atoms with E-state index in [9.17, 15) is 0 Å². The topological polar surface area (TPSA) is 35.8 Å². The van der Waals surface area contributed by atoms with E-state index in [-0.39, 0.29) is 0 Å². The summed E-state index contributed by atoms with van der Waals surface area (Å²) in [5, 5.41) is 11.6. The molecule has 0 spiro atoms. The van der Waals surface area contributed by atoms with Crippen LogP contribution in [0.2, 0.25) is 0 Å². The van der Waals surface area contributed by atoms with Crippen LogP contribution in [0.5, 0.6) is 0 Å². The van der Waals surface area contributed by atoms with Crippen LogP contribution in [0.4, 0.5) is 0 Å². The first kappa shape index (κ1) is 11.1. The van der Waals surface area contributed by atoms with Gasteiger partial charge in [0, 0.05) is 12.6 Å². The van der Waals surface area contributed by atoms with Crippen molar-refractivity contribution in [2.45, 2.75) is 13.5 Å². The molecule has 0 aliphatic rings. The van der Waals surface area contributed by atoms with Gasteiger partial charge in [0.25, 0.3) is 0 Å². The monoisotopic (exact) mass is 198 g/mol. The van der Waals surface area contributed by atoms with Crippen LogP contribution in [0.25, 0.3) is 0 Å². The molecule has 0 atom stereocenters. The SMILES string of the molecule is CC(=C/C#N)/C=C/NCc1ccccc1. The fourth-order valence-corrected chi connectivity index (χ4v) is 1.11. The fourth-order valence-electron chi connectivity index (χ4n) is 1.11. The molecule has 0 fully saturated rings. The van der Waals surface area contributed by atoms with E-state index in [1.807, 2.05) is 43.5 Å². The molecule has 1 aromatic rings. The summed E-state index contributed by atoms with van der Waals surface area (Å²) >= 11 is 0. The lowest BCUT2D eigenvalue weighted by molar-refractivity contribution is 0.869. The van der Waals surface area contributed by atoms with Crippen molar-refractivity contribution in [2.75, 3.05) is 0 Å². The second-order valence-electron chi connectivity index (χ2n) is 3.22. The highest BCUT2D eigenvalue weighted by Crippen LogP contribution is 1.97. The third kappa shape index (κ3) is 4.68. The molecule has 1 aromatic carbocycles. The Morgan fingerprint density at radius 3 is 2.80 bits per heavy atom. The number of hydrogen-bond donors (Lipinski definition) is 1. The number of benzene rings is 1. The molecule has 0 unspecified atom stereocenters. The summed E-state index contributed by atoms with van der Waals surface area (Å²) < 4.78 is 0. The van der Waals surface area contributed by atoms with Gasteiger partial charge in [-0.15, -0.1) is 0 Å². The number of nitriles is 1. The van der Waals surface area contributed by atoms with Gasteiger partial charge in [-0.3, -0.25) is 0 Å². The lowest BCUT2D eigenvalue weighted by atomic mass is 10.2. The highest BCUT2D eigenvalue weighted by Gasteiger charge is 1.86. The second kappa shape index (κ2) is 6.44. The fraction of sp³-hybridized carbons (Fsp3) is 0.154. The summed E-state index contributed by atoms with van der Waals surface area (Å²) in [6.07, 6.45) is 5.25. The van der Waals surface area contributed by atoms with E-state index in [0.717, 1.165) is 12.1 Å². The van der Waals surface area contributed by atoms with Gasteiger partial charge in [-0.25, -0.2) is 0 Å². The molecule has 0 aliphatic carbocycles. The van der Waals surface area contributed by atoms with Crippen LogP contribution in [-0.2, 0) is 6.54 Å². The third-order valence-electron chi connectivity index (χ3n) is 1.91. The standard InChI is InChI=1S/C13H14N2/c1-12(7-9-14)8-10-15-11-13-5-3-2-4-6-13/h2-8,10,15H,11H2,1H3/b10-8+,12-7-. The molecule has 0 radical (unpaired) electrons. The van der Waals surface area contributed by atoms with Gasteiger partial charge >= 0.3 is 0 Å². The Labute approximate surface area is 90.5 Å². The van der Waals surface area contributed by atoms with Gasteiger partial charge in [0.05, 0.1) is 6.07 Å². The molecule has 0 bridgehead atoms.